The number of ether oxygens (including phenoxy) is 2. The van der Waals surface area contributed by atoms with Crippen molar-refractivity contribution in [3.05, 3.63) is 29.6 Å². The summed E-state index contributed by atoms with van der Waals surface area (Å²) in [6, 6.07) is 3.77. The monoisotopic (exact) mass is 318 g/mol. The molecule has 1 spiro atoms. The van der Waals surface area contributed by atoms with Crippen molar-refractivity contribution in [3.8, 4) is 0 Å². The lowest BCUT2D eigenvalue weighted by molar-refractivity contribution is -0.0912. The van der Waals surface area contributed by atoms with E-state index in [1.54, 1.807) is 13.3 Å². The SMILES string of the molecule is COCC1COCCC12CCN(C(=O)c1ccc(C)nc1)CC2. The molecule has 5 nitrogen and oxygen atoms in total. The van der Waals surface area contributed by atoms with Crippen LogP contribution in [0.2, 0.25) is 0 Å². The van der Waals surface area contributed by atoms with Gasteiger partial charge in [0.15, 0.2) is 0 Å². The molecule has 0 bridgehead atoms. The summed E-state index contributed by atoms with van der Waals surface area (Å²) in [6.45, 7) is 5.91. The molecule has 0 aromatic carbocycles. The molecular formula is C18H26N2O3. The lowest BCUT2D eigenvalue weighted by Crippen LogP contribution is -2.50. The van der Waals surface area contributed by atoms with E-state index in [9.17, 15) is 4.79 Å². The van der Waals surface area contributed by atoms with Crippen molar-refractivity contribution in [2.45, 2.75) is 26.2 Å². The number of carbonyl (C=O) groups excluding carboxylic acids is 1. The second kappa shape index (κ2) is 6.97. The molecule has 2 fully saturated rings. The number of nitrogens with zero attached hydrogens (tertiary/aromatic N) is 2. The molecule has 23 heavy (non-hydrogen) atoms. The average molecular weight is 318 g/mol. The average Bonchev–Trinajstić information content (AvgIpc) is 2.58. The van der Waals surface area contributed by atoms with E-state index in [2.05, 4.69) is 4.98 Å². The van der Waals surface area contributed by atoms with E-state index in [1.165, 1.54) is 0 Å². The molecule has 2 saturated heterocycles. The number of hydrogen-bond donors (Lipinski definition) is 0. The number of hydrogen-bond acceptors (Lipinski definition) is 4. The van der Waals surface area contributed by atoms with Gasteiger partial charge in [-0.1, -0.05) is 0 Å². The van der Waals surface area contributed by atoms with Crippen molar-refractivity contribution in [2.24, 2.45) is 11.3 Å². The van der Waals surface area contributed by atoms with Crippen LogP contribution < -0.4 is 0 Å². The Kier molecular flexibility index (Phi) is 4.97. The van der Waals surface area contributed by atoms with Crippen LogP contribution in [0.4, 0.5) is 0 Å². The standard InChI is InChI=1S/C18H26N2O3/c1-14-3-4-15(11-19-14)17(21)20-8-5-18(6-9-20)7-10-23-13-16(18)12-22-2/h3-4,11,16H,5-10,12-13H2,1-2H3. The summed E-state index contributed by atoms with van der Waals surface area (Å²) in [5.41, 5.74) is 1.90. The highest BCUT2D eigenvalue weighted by atomic mass is 16.5. The van der Waals surface area contributed by atoms with Gasteiger partial charge in [-0.25, -0.2) is 0 Å². The van der Waals surface area contributed by atoms with Gasteiger partial charge in [0.05, 0.1) is 18.8 Å². The Morgan fingerprint density at radius 2 is 2.17 bits per heavy atom. The summed E-state index contributed by atoms with van der Waals surface area (Å²) in [5, 5.41) is 0. The molecule has 2 aliphatic heterocycles. The Morgan fingerprint density at radius 1 is 1.39 bits per heavy atom. The second-order valence-corrected chi connectivity index (χ2v) is 6.82. The van der Waals surface area contributed by atoms with Gasteiger partial charge >= 0.3 is 0 Å². The van der Waals surface area contributed by atoms with Gasteiger partial charge in [0.1, 0.15) is 0 Å². The van der Waals surface area contributed by atoms with Gasteiger partial charge in [-0.15, -0.1) is 0 Å². The van der Waals surface area contributed by atoms with Crippen molar-refractivity contribution < 1.29 is 14.3 Å². The summed E-state index contributed by atoms with van der Waals surface area (Å²) < 4.78 is 11.0. The minimum absolute atomic E-state index is 0.0997. The molecular weight excluding hydrogens is 292 g/mol. The van der Waals surface area contributed by atoms with Crippen LogP contribution in [0.1, 0.15) is 35.3 Å². The van der Waals surface area contributed by atoms with E-state index in [4.69, 9.17) is 9.47 Å². The molecule has 3 heterocycles. The Labute approximate surface area is 138 Å². The number of piperidine rings is 1. The summed E-state index contributed by atoms with van der Waals surface area (Å²) >= 11 is 0. The first-order chi connectivity index (χ1) is 11.1. The molecule has 0 N–H and O–H groups in total. The second-order valence-electron chi connectivity index (χ2n) is 6.82. The Morgan fingerprint density at radius 3 is 2.83 bits per heavy atom. The molecule has 1 unspecified atom stereocenters. The first kappa shape index (κ1) is 16.4. The van der Waals surface area contributed by atoms with Crippen LogP contribution in [0.3, 0.4) is 0 Å². The van der Waals surface area contributed by atoms with Gasteiger partial charge in [-0.2, -0.15) is 0 Å². The first-order valence-electron chi connectivity index (χ1n) is 8.43. The van der Waals surface area contributed by atoms with Crippen LogP contribution in [-0.2, 0) is 9.47 Å². The molecule has 0 saturated carbocycles. The van der Waals surface area contributed by atoms with Crippen LogP contribution >= 0.6 is 0 Å². The number of aryl methyl sites for hydroxylation is 1. The molecule has 2 aliphatic rings. The lowest BCUT2D eigenvalue weighted by atomic mass is 9.66. The minimum atomic E-state index is 0.0997. The van der Waals surface area contributed by atoms with Gasteiger partial charge in [0.2, 0.25) is 0 Å². The summed E-state index contributed by atoms with van der Waals surface area (Å²) in [6.07, 6.45) is 4.84. The molecule has 3 rings (SSSR count). The summed E-state index contributed by atoms with van der Waals surface area (Å²) in [4.78, 5) is 18.8. The highest BCUT2D eigenvalue weighted by molar-refractivity contribution is 5.94. The predicted molar refractivity (Wildman–Crippen MR) is 87.3 cm³/mol. The van der Waals surface area contributed by atoms with E-state index >= 15 is 0 Å². The number of amides is 1. The molecule has 126 valence electrons. The molecule has 1 atom stereocenters. The molecule has 1 amide bonds. The zero-order valence-corrected chi connectivity index (χ0v) is 14.1. The van der Waals surface area contributed by atoms with Gasteiger partial charge in [-0.3, -0.25) is 9.78 Å². The molecule has 0 aliphatic carbocycles. The normalized spacial score (nSPS) is 23.9. The maximum Gasteiger partial charge on any atom is 0.255 e. The number of pyridine rings is 1. The molecule has 1 aromatic heterocycles. The maximum absolute atomic E-state index is 12.6. The van der Waals surface area contributed by atoms with Crippen LogP contribution in [0.15, 0.2) is 18.3 Å². The number of methoxy groups -OCH3 is 1. The molecule has 1 aromatic rings. The van der Waals surface area contributed by atoms with Crippen LogP contribution in [0.5, 0.6) is 0 Å². The molecule has 5 heteroatoms. The summed E-state index contributed by atoms with van der Waals surface area (Å²) in [5.74, 6) is 0.544. The highest BCUT2D eigenvalue weighted by Gasteiger charge is 2.44. The zero-order chi connectivity index (χ0) is 16.3. The number of likely N-dealkylation sites (tertiary alicyclic amines) is 1. The van der Waals surface area contributed by atoms with Gasteiger partial charge < -0.3 is 14.4 Å². The Hall–Kier alpha value is -1.46. The number of carbonyl (C=O) groups is 1. The van der Waals surface area contributed by atoms with Crippen molar-refractivity contribution >= 4 is 5.91 Å². The molecule has 0 radical (unpaired) electrons. The van der Waals surface area contributed by atoms with Crippen LogP contribution in [-0.4, -0.2) is 55.8 Å². The van der Waals surface area contributed by atoms with Gasteiger partial charge in [0.25, 0.3) is 5.91 Å². The first-order valence-corrected chi connectivity index (χ1v) is 8.43. The van der Waals surface area contributed by atoms with E-state index in [0.29, 0.717) is 11.5 Å². The van der Waals surface area contributed by atoms with Crippen molar-refractivity contribution in [1.82, 2.24) is 9.88 Å². The minimum Gasteiger partial charge on any atom is -0.384 e. The van der Waals surface area contributed by atoms with Gasteiger partial charge in [-0.05, 0) is 43.7 Å². The Bertz CT molecular complexity index is 534. The van der Waals surface area contributed by atoms with Crippen LogP contribution in [0, 0.1) is 18.3 Å². The maximum atomic E-state index is 12.6. The quantitative estimate of drug-likeness (QED) is 0.858. The van der Waals surface area contributed by atoms with Crippen molar-refractivity contribution in [1.29, 1.82) is 0 Å². The van der Waals surface area contributed by atoms with E-state index in [-0.39, 0.29) is 11.3 Å². The topological polar surface area (TPSA) is 51.7 Å². The van der Waals surface area contributed by atoms with Crippen molar-refractivity contribution in [2.75, 3.05) is 40.0 Å². The smallest absolute Gasteiger partial charge is 0.255 e. The lowest BCUT2D eigenvalue weighted by Gasteiger charge is -2.48. The van der Waals surface area contributed by atoms with E-state index in [1.807, 2.05) is 24.0 Å². The third-order valence-electron chi connectivity index (χ3n) is 5.50. The largest absolute Gasteiger partial charge is 0.384 e. The third-order valence-corrected chi connectivity index (χ3v) is 5.50. The number of rotatable bonds is 3. The zero-order valence-electron chi connectivity index (χ0n) is 14.1. The van der Waals surface area contributed by atoms with E-state index in [0.717, 1.165) is 57.9 Å². The third kappa shape index (κ3) is 3.40. The van der Waals surface area contributed by atoms with Gasteiger partial charge in [0, 0.05) is 44.6 Å². The highest BCUT2D eigenvalue weighted by Crippen LogP contribution is 2.44. The predicted octanol–water partition coefficient (Wildman–Crippen LogP) is 2.30. The number of aromatic nitrogens is 1. The summed E-state index contributed by atoms with van der Waals surface area (Å²) in [7, 11) is 1.76. The van der Waals surface area contributed by atoms with Crippen molar-refractivity contribution in [3.63, 3.8) is 0 Å². The Balaban J connectivity index is 1.65. The van der Waals surface area contributed by atoms with E-state index < -0.39 is 0 Å². The fraction of sp³-hybridized carbons (Fsp3) is 0.667. The van der Waals surface area contributed by atoms with Crippen LogP contribution in [0.25, 0.3) is 0 Å². The fourth-order valence-electron chi connectivity index (χ4n) is 3.90. The fourth-order valence-corrected chi connectivity index (χ4v) is 3.90.